The van der Waals surface area contributed by atoms with Crippen molar-refractivity contribution in [1.29, 1.82) is 0 Å². The van der Waals surface area contributed by atoms with Gasteiger partial charge in [0.25, 0.3) is 5.56 Å². The van der Waals surface area contributed by atoms with Gasteiger partial charge in [-0.25, -0.2) is 5.10 Å². The Labute approximate surface area is 134 Å². The van der Waals surface area contributed by atoms with E-state index in [1.807, 2.05) is 18.7 Å². The van der Waals surface area contributed by atoms with Crippen LogP contribution >= 0.6 is 11.6 Å². The molecule has 2 N–H and O–H groups in total. The number of anilines is 1. The molecule has 1 fully saturated rings. The summed E-state index contributed by atoms with van der Waals surface area (Å²) in [6.07, 6.45) is 2.49. The summed E-state index contributed by atoms with van der Waals surface area (Å²) in [5, 5.41) is 9.23. The molecule has 0 saturated carbocycles. The van der Waals surface area contributed by atoms with Gasteiger partial charge in [0.1, 0.15) is 5.02 Å². The van der Waals surface area contributed by atoms with Gasteiger partial charge in [0.15, 0.2) is 0 Å². The molecule has 1 unspecified atom stereocenters. The number of aromatic nitrogens is 2. The standard InChI is InChI=1S/C14H22ClN5O2/c1-3-10(2)17-12(21)9-19-4-6-20(7-5-19)11-8-16-18-14(22)13(11)15/h8,10H,3-7,9H2,1-2H3,(H,17,21)(H,18,22). The third kappa shape index (κ3) is 4.20. The molecule has 1 aromatic rings. The third-order valence-corrected chi connectivity index (χ3v) is 4.24. The quantitative estimate of drug-likeness (QED) is 0.821. The van der Waals surface area contributed by atoms with Crippen molar-refractivity contribution in [2.75, 3.05) is 37.6 Å². The van der Waals surface area contributed by atoms with Gasteiger partial charge in [-0.15, -0.1) is 0 Å². The number of hydrogen-bond acceptors (Lipinski definition) is 5. The van der Waals surface area contributed by atoms with Crippen LogP contribution in [0.15, 0.2) is 11.0 Å². The molecule has 1 atom stereocenters. The van der Waals surface area contributed by atoms with E-state index >= 15 is 0 Å². The van der Waals surface area contributed by atoms with E-state index in [2.05, 4.69) is 20.4 Å². The fourth-order valence-corrected chi connectivity index (χ4v) is 2.58. The summed E-state index contributed by atoms with van der Waals surface area (Å²) >= 11 is 6.02. The lowest BCUT2D eigenvalue weighted by molar-refractivity contribution is -0.122. The van der Waals surface area contributed by atoms with Crippen molar-refractivity contribution < 1.29 is 4.79 Å². The van der Waals surface area contributed by atoms with E-state index in [4.69, 9.17) is 11.6 Å². The number of carbonyl (C=O) groups excluding carboxylic acids is 1. The highest BCUT2D eigenvalue weighted by Gasteiger charge is 2.21. The van der Waals surface area contributed by atoms with E-state index in [0.29, 0.717) is 25.3 Å². The van der Waals surface area contributed by atoms with Gasteiger partial charge in [-0.3, -0.25) is 14.5 Å². The van der Waals surface area contributed by atoms with E-state index in [0.717, 1.165) is 19.5 Å². The van der Waals surface area contributed by atoms with Gasteiger partial charge in [0.05, 0.1) is 18.4 Å². The lowest BCUT2D eigenvalue weighted by Gasteiger charge is -2.35. The van der Waals surface area contributed by atoms with Crippen LogP contribution in [0.5, 0.6) is 0 Å². The third-order valence-electron chi connectivity index (χ3n) is 3.88. The van der Waals surface area contributed by atoms with Crippen LogP contribution in [-0.2, 0) is 4.79 Å². The van der Waals surface area contributed by atoms with Crippen molar-refractivity contribution >= 4 is 23.2 Å². The Kier molecular flexibility index (Phi) is 5.79. The van der Waals surface area contributed by atoms with Crippen molar-refractivity contribution in [3.05, 3.63) is 21.6 Å². The Hall–Kier alpha value is -1.60. The minimum absolute atomic E-state index is 0.0543. The number of aromatic amines is 1. The lowest BCUT2D eigenvalue weighted by Crippen LogP contribution is -2.50. The highest BCUT2D eigenvalue weighted by molar-refractivity contribution is 6.32. The molecule has 8 heteroatoms. The van der Waals surface area contributed by atoms with Crippen LogP contribution in [-0.4, -0.2) is 59.8 Å². The molecule has 1 aliphatic rings. The van der Waals surface area contributed by atoms with Crippen molar-refractivity contribution in [1.82, 2.24) is 20.4 Å². The number of halogens is 1. The first-order chi connectivity index (χ1) is 10.5. The molecule has 1 aromatic heterocycles. The Morgan fingerprint density at radius 2 is 2.14 bits per heavy atom. The number of H-pyrrole nitrogens is 1. The molecule has 0 aromatic carbocycles. The molecule has 122 valence electrons. The SMILES string of the molecule is CCC(C)NC(=O)CN1CCN(c2cn[nH]c(=O)c2Cl)CC1. The maximum Gasteiger partial charge on any atom is 0.285 e. The summed E-state index contributed by atoms with van der Waals surface area (Å²) in [7, 11) is 0. The Bertz CT molecular complexity index is 569. The molecule has 0 radical (unpaired) electrons. The lowest BCUT2D eigenvalue weighted by atomic mass is 10.2. The average molecular weight is 328 g/mol. The topological polar surface area (TPSA) is 81.3 Å². The molecule has 2 heterocycles. The summed E-state index contributed by atoms with van der Waals surface area (Å²) in [6, 6.07) is 0.203. The predicted octanol–water partition coefficient (Wildman–Crippen LogP) is 0.460. The zero-order valence-corrected chi connectivity index (χ0v) is 13.7. The van der Waals surface area contributed by atoms with Crippen LogP contribution in [0.3, 0.4) is 0 Å². The van der Waals surface area contributed by atoms with Crippen LogP contribution in [0.1, 0.15) is 20.3 Å². The fraction of sp³-hybridized carbons (Fsp3) is 0.643. The summed E-state index contributed by atoms with van der Waals surface area (Å²) in [5.41, 5.74) is 0.267. The first kappa shape index (κ1) is 16.8. The fourth-order valence-electron chi connectivity index (χ4n) is 2.37. The van der Waals surface area contributed by atoms with E-state index in [9.17, 15) is 9.59 Å². The number of piperazine rings is 1. The van der Waals surface area contributed by atoms with Crippen molar-refractivity contribution in [2.45, 2.75) is 26.3 Å². The number of carbonyl (C=O) groups is 1. The summed E-state index contributed by atoms with van der Waals surface area (Å²) < 4.78 is 0. The second kappa shape index (κ2) is 7.60. The zero-order valence-electron chi connectivity index (χ0n) is 12.9. The molecular formula is C14H22ClN5O2. The van der Waals surface area contributed by atoms with Gasteiger partial charge >= 0.3 is 0 Å². The maximum atomic E-state index is 11.9. The highest BCUT2D eigenvalue weighted by Crippen LogP contribution is 2.21. The second-order valence-corrected chi connectivity index (χ2v) is 5.92. The van der Waals surface area contributed by atoms with Crippen LogP contribution in [0, 0.1) is 0 Å². The minimum atomic E-state index is -0.380. The summed E-state index contributed by atoms with van der Waals surface area (Å²) in [4.78, 5) is 27.5. The van der Waals surface area contributed by atoms with Crippen molar-refractivity contribution in [2.24, 2.45) is 0 Å². The molecule has 1 amide bonds. The smallest absolute Gasteiger partial charge is 0.285 e. The molecule has 1 aliphatic heterocycles. The van der Waals surface area contributed by atoms with Gasteiger partial charge in [-0.1, -0.05) is 18.5 Å². The van der Waals surface area contributed by atoms with Crippen LogP contribution < -0.4 is 15.8 Å². The normalized spacial score (nSPS) is 17.3. The van der Waals surface area contributed by atoms with Crippen LogP contribution in [0.25, 0.3) is 0 Å². The second-order valence-electron chi connectivity index (χ2n) is 5.54. The number of hydrogen-bond donors (Lipinski definition) is 2. The molecule has 2 rings (SSSR count). The Morgan fingerprint density at radius 1 is 1.45 bits per heavy atom. The number of nitrogens with zero attached hydrogens (tertiary/aromatic N) is 3. The van der Waals surface area contributed by atoms with Gasteiger partial charge in [0.2, 0.25) is 5.91 Å². The summed E-state index contributed by atoms with van der Waals surface area (Å²) in [5.74, 6) is 0.0543. The van der Waals surface area contributed by atoms with Crippen molar-refractivity contribution in [3.8, 4) is 0 Å². The van der Waals surface area contributed by atoms with E-state index in [1.165, 1.54) is 0 Å². The van der Waals surface area contributed by atoms with E-state index in [1.54, 1.807) is 6.20 Å². The number of nitrogens with one attached hydrogen (secondary N) is 2. The molecule has 22 heavy (non-hydrogen) atoms. The number of rotatable bonds is 5. The Morgan fingerprint density at radius 3 is 2.77 bits per heavy atom. The first-order valence-corrected chi connectivity index (χ1v) is 7.89. The van der Waals surface area contributed by atoms with Crippen LogP contribution in [0.2, 0.25) is 5.02 Å². The largest absolute Gasteiger partial charge is 0.366 e. The first-order valence-electron chi connectivity index (χ1n) is 7.51. The molecular weight excluding hydrogens is 306 g/mol. The zero-order chi connectivity index (χ0) is 16.1. The van der Waals surface area contributed by atoms with E-state index < -0.39 is 0 Å². The highest BCUT2D eigenvalue weighted by atomic mass is 35.5. The Balaban J connectivity index is 1.87. The van der Waals surface area contributed by atoms with Gasteiger partial charge in [-0.05, 0) is 13.3 Å². The minimum Gasteiger partial charge on any atom is -0.366 e. The van der Waals surface area contributed by atoms with E-state index in [-0.39, 0.29) is 22.5 Å². The molecule has 7 nitrogen and oxygen atoms in total. The van der Waals surface area contributed by atoms with Crippen LogP contribution in [0.4, 0.5) is 5.69 Å². The maximum absolute atomic E-state index is 11.9. The molecule has 0 aliphatic carbocycles. The molecule has 0 bridgehead atoms. The predicted molar refractivity (Wildman–Crippen MR) is 86.4 cm³/mol. The molecule has 1 saturated heterocycles. The van der Waals surface area contributed by atoms with Crippen molar-refractivity contribution in [3.63, 3.8) is 0 Å². The monoisotopic (exact) mass is 327 g/mol. The average Bonchev–Trinajstić information content (AvgIpc) is 2.50. The van der Waals surface area contributed by atoms with Gasteiger partial charge in [-0.2, -0.15) is 5.10 Å². The summed E-state index contributed by atoms with van der Waals surface area (Å²) in [6.45, 7) is 7.36. The van der Waals surface area contributed by atoms with Gasteiger partial charge in [0, 0.05) is 32.2 Å². The van der Waals surface area contributed by atoms with Gasteiger partial charge < -0.3 is 10.2 Å². The number of amides is 1. The molecule has 0 spiro atoms.